The lowest BCUT2D eigenvalue weighted by atomic mass is 10.1. The lowest BCUT2D eigenvalue weighted by Gasteiger charge is -2.15. The Morgan fingerprint density at radius 3 is 2.37 bits per heavy atom. The van der Waals surface area contributed by atoms with Crippen molar-refractivity contribution in [3.8, 4) is 0 Å². The first-order valence-corrected chi connectivity index (χ1v) is 15.6. The summed E-state index contributed by atoms with van der Waals surface area (Å²) in [6, 6.07) is 25.3. The quantitative estimate of drug-likeness (QED) is 0.124. The van der Waals surface area contributed by atoms with Gasteiger partial charge in [0.05, 0.1) is 5.25 Å². The highest BCUT2D eigenvalue weighted by Crippen LogP contribution is 2.29. The number of thioether (sulfide) groups is 2. The number of nitrogens with one attached hydrogen (secondary N) is 3. The van der Waals surface area contributed by atoms with Gasteiger partial charge in [-0.05, 0) is 54.1 Å². The molecule has 1 unspecified atom stereocenters. The van der Waals surface area contributed by atoms with E-state index in [0.29, 0.717) is 28.0 Å². The van der Waals surface area contributed by atoms with Crippen LogP contribution in [0.1, 0.15) is 36.2 Å². The minimum atomic E-state index is -0.470. The molecule has 1 aromatic heterocycles. The molecule has 0 aliphatic heterocycles. The number of carbonyl (C=O) groups excluding carboxylic acids is 3. The van der Waals surface area contributed by atoms with Crippen molar-refractivity contribution in [2.24, 2.45) is 0 Å². The van der Waals surface area contributed by atoms with Gasteiger partial charge in [0.15, 0.2) is 0 Å². The average Bonchev–Trinajstić information content (AvgIpc) is 3.43. The van der Waals surface area contributed by atoms with Crippen LogP contribution in [0.3, 0.4) is 0 Å². The van der Waals surface area contributed by atoms with Gasteiger partial charge >= 0.3 is 0 Å². The Labute approximate surface area is 251 Å². The van der Waals surface area contributed by atoms with Crippen molar-refractivity contribution in [1.82, 2.24) is 14.7 Å². The van der Waals surface area contributed by atoms with Gasteiger partial charge in [0.1, 0.15) is 5.70 Å². The number of anilines is 2. The van der Waals surface area contributed by atoms with Crippen LogP contribution in [0.4, 0.5) is 10.8 Å². The van der Waals surface area contributed by atoms with E-state index in [1.54, 1.807) is 42.5 Å². The number of benzene rings is 3. The monoisotopic (exact) mass is 603 g/mol. The minimum absolute atomic E-state index is 0.103. The van der Waals surface area contributed by atoms with E-state index in [0.717, 1.165) is 27.7 Å². The molecule has 0 aliphatic carbocycles. The van der Waals surface area contributed by atoms with Gasteiger partial charge in [0.2, 0.25) is 16.2 Å². The highest BCUT2D eigenvalue weighted by molar-refractivity contribution is 8.00. The molecule has 4 rings (SSSR count). The molecular formula is C30H29N5O3S3. The number of hydrogen-bond donors (Lipinski definition) is 3. The summed E-state index contributed by atoms with van der Waals surface area (Å²) in [5.41, 5.74) is 1.85. The molecule has 3 N–H and O–H groups in total. The lowest BCUT2D eigenvalue weighted by Crippen LogP contribution is -2.30. The van der Waals surface area contributed by atoms with E-state index in [9.17, 15) is 14.4 Å². The second-order valence-corrected chi connectivity index (χ2v) is 11.8. The normalized spacial score (nSPS) is 11.9. The maximum Gasteiger partial charge on any atom is 0.272 e. The van der Waals surface area contributed by atoms with Crippen LogP contribution in [0.25, 0.3) is 6.08 Å². The first-order chi connectivity index (χ1) is 19.9. The summed E-state index contributed by atoms with van der Waals surface area (Å²) in [5.74, 6) is -0.164. The molecule has 1 atom stereocenters. The van der Waals surface area contributed by atoms with Crippen molar-refractivity contribution in [1.29, 1.82) is 0 Å². The summed E-state index contributed by atoms with van der Waals surface area (Å²) in [6.45, 7) is 3.96. The predicted octanol–water partition coefficient (Wildman–Crippen LogP) is 6.57. The molecule has 210 valence electrons. The third kappa shape index (κ3) is 9.04. The molecule has 0 radical (unpaired) electrons. The van der Waals surface area contributed by atoms with Crippen LogP contribution < -0.4 is 16.0 Å². The van der Waals surface area contributed by atoms with E-state index in [1.807, 2.05) is 62.4 Å². The zero-order valence-electron chi connectivity index (χ0n) is 22.5. The Balaban J connectivity index is 1.46. The molecule has 0 spiro atoms. The highest BCUT2D eigenvalue weighted by atomic mass is 32.2. The number of nitrogens with zero attached hydrogens (tertiary/aromatic N) is 2. The summed E-state index contributed by atoms with van der Waals surface area (Å²) >= 11 is 4.08. The van der Waals surface area contributed by atoms with E-state index < -0.39 is 5.91 Å². The first kappa shape index (κ1) is 30.0. The number of rotatable bonds is 12. The Hall–Kier alpha value is -3.93. The number of aromatic nitrogens is 2. The van der Waals surface area contributed by atoms with Crippen LogP contribution in [-0.4, -0.2) is 38.1 Å². The molecule has 1 heterocycles. The van der Waals surface area contributed by atoms with Crippen LogP contribution in [0.2, 0.25) is 0 Å². The highest BCUT2D eigenvalue weighted by Gasteiger charge is 2.20. The van der Waals surface area contributed by atoms with Crippen molar-refractivity contribution in [2.75, 3.05) is 16.4 Å². The molecule has 41 heavy (non-hydrogen) atoms. The molecule has 0 saturated carbocycles. The Bertz CT molecular complexity index is 1510. The smallest absolute Gasteiger partial charge is 0.272 e. The predicted molar refractivity (Wildman–Crippen MR) is 168 cm³/mol. The largest absolute Gasteiger partial charge is 0.321 e. The van der Waals surface area contributed by atoms with Gasteiger partial charge in [0.25, 0.3) is 11.8 Å². The van der Waals surface area contributed by atoms with Crippen LogP contribution in [0.5, 0.6) is 0 Å². The third-order valence-corrected chi connectivity index (χ3v) is 8.42. The third-order valence-electron chi connectivity index (χ3n) is 5.58. The fourth-order valence-electron chi connectivity index (χ4n) is 3.62. The van der Waals surface area contributed by atoms with Gasteiger partial charge in [-0.15, -0.1) is 11.8 Å². The van der Waals surface area contributed by atoms with Gasteiger partial charge in [-0.25, -0.2) is 0 Å². The molecule has 11 heteroatoms. The Kier molecular flexibility index (Phi) is 11.1. The molecule has 0 aliphatic rings. The van der Waals surface area contributed by atoms with Crippen LogP contribution >= 0.6 is 35.1 Å². The fourth-order valence-corrected chi connectivity index (χ4v) is 5.91. The van der Waals surface area contributed by atoms with Gasteiger partial charge in [-0.1, -0.05) is 80.2 Å². The first-order valence-electron chi connectivity index (χ1n) is 12.9. The second-order valence-electron chi connectivity index (χ2n) is 8.59. The van der Waals surface area contributed by atoms with E-state index in [1.165, 1.54) is 23.5 Å². The summed E-state index contributed by atoms with van der Waals surface area (Å²) in [4.78, 5) is 44.3. The lowest BCUT2D eigenvalue weighted by molar-refractivity contribution is -0.116. The molecule has 0 fully saturated rings. The molecule has 0 saturated heterocycles. The number of hydrogen-bond acceptors (Lipinski definition) is 8. The van der Waals surface area contributed by atoms with Crippen LogP contribution in [0.15, 0.2) is 101 Å². The summed E-state index contributed by atoms with van der Waals surface area (Å²) < 4.78 is 4.24. The van der Waals surface area contributed by atoms with Crippen LogP contribution in [-0.2, 0) is 9.59 Å². The van der Waals surface area contributed by atoms with Gasteiger partial charge < -0.3 is 10.6 Å². The van der Waals surface area contributed by atoms with Gasteiger partial charge in [0, 0.05) is 27.7 Å². The standard InChI is InChI=1S/C30H29N5O3S3/c1-3-25(28(38)33-29-34-30(35-41-29)39-4-2)40-23-17-11-16-22(19-23)31-27(37)24(18-20-12-7-5-8-13-20)32-26(36)21-14-9-6-10-15-21/h5-19,25H,3-4H2,1-2H3,(H,31,37)(H,32,36)(H,33,34,35,38)/b24-18-. The molecule has 0 bridgehead atoms. The van der Waals surface area contributed by atoms with Crippen molar-refractivity contribution >= 4 is 69.7 Å². The van der Waals surface area contributed by atoms with E-state index in [2.05, 4.69) is 25.3 Å². The van der Waals surface area contributed by atoms with Crippen LogP contribution in [0, 0.1) is 0 Å². The van der Waals surface area contributed by atoms with E-state index >= 15 is 0 Å². The minimum Gasteiger partial charge on any atom is -0.321 e. The van der Waals surface area contributed by atoms with Crippen molar-refractivity contribution in [3.05, 3.63) is 102 Å². The SMILES string of the molecule is CCSc1nsc(NC(=O)C(CC)Sc2cccc(NC(=O)/C(=C/c3ccccc3)NC(=O)c3ccccc3)c2)n1. The molecule has 3 aromatic carbocycles. The van der Waals surface area contributed by atoms with Gasteiger partial charge in [-0.3, -0.25) is 19.7 Å². The fraction of sp³-hybridized carbons (Fsp3) is 0.167. The molecule has 8 nitrogen and oxygen atoms in total. The second kappa shape index (κ2) is 15.2. The number of amides is 3. The average molecular weight is 604 g/mol. The summed E-state index contributed by atoms with van der Waals surface area (Å²) in [5, 5.41) is 9.24. The molecule has 4 aromatic rings. The summed E-state index contributed by atoms with van der Waals surface area (Å²) in [6.07, 6.45) is 2.22. The van der Waals surface area contributed by atoms with Gasteiger partial charge in [-0.2, -0.15) is 9.36 Å². The van der Waals surface area contributed by atoms with E-state index in [4.69, 9.17) is 0 Å². The Morgan fingerprint density at radius 2 is 1.66 bits per heavy atom. The maximum absolute atomic E-state index is 13.4. The van der Waals surface area contributed by atoms with Crippen molar-refractivity contribution in [2.45, 2.75) is 35.6 Å². The zero-order chi connectivity index (χ0) is 29.0. The topological polar surface area (TPSA) is 113 Å². The zero-order valence-corrected chi connectivity index (χ0v) is 24.9. The summed E-state index contributed by atoms with van der Waals surface area (Å²) in [7, 11) is 0. The Morgan fingerprint density at radius 1 is 0.927 bits per heavy atom. The van der Waals surface area contributed by atoms with E-state index in [-0.39, 0.29) is 22.8 Å². The molecule has 3 amide bonds. The van der Waals surface area contributed by atoms with Crippen molar-refractivity contribution < 1.29 is 14.4 Å². The number of carbonyl (C=O) groups is 3. The maximum atomic E-state index is 13.4. The van der Waals surface area contributed by atoms with Crippen molar-refractivity contribution in [3.63, 3.8) is 0 Å². The molecular weight excluding hydrogens is 575 g/mol.